The first-order chi connectivity index (χ1) is 9.81. The van der Waals surface area contributed by atoms with Crippen molar-refractivity contribution in [3.63, 3.8) is 0 Å². The molecule has 1 unspecified atom stereocenters. The van der Waals surface area contributed by atoms with Crippen LogP contribution in [0.1, 0.15) is 32.8 Å². The second kappa shape index (κ2) is 7.44. The lowest BCUT2D eigenvalue weighted by Gasteiger charge is -2.19. The summed E-state index contributed by atoms with van der Waals surface area (Å²) in [6.07, 6.45) is -0.300. The Labute approximate surface area is 124 Å². The summed E-state index contributed by atoms with van der Waals surface area (Å²) in [6.45, 7) is 12.3. The van der Waals surface area contributed by atoms with Gasteiger partial charge in [-0.25, -0.2) is 11.4 Å². The Kier molecular flexibility index (Phi) is 5.92. The first-order valence-corrected chi connectivity index (χ1v) is 6.61. The van der Waals surface area contributed by atoms with Crippen LogP contribution in [0.2, 0.25) is 0 Å². The maximum absolute atomic E-state index is 11.8. The zero-order valence-electron chi connectivity index (χ0n) is 12.5. The van der Waals surface area contributed by atoms with Gasteiger partial charge in [0.2, 0.25) is 0 Å². The van der Waals surface area contributed by atoms with Crippen molar-refractivity contribution in [2.45, 2.75) is 45.4 Å². The molecule has 21 heavy (non-hydrogen) atoms. The second-order valence-corrected chi connectivity index (χ2v) is 5.53. The summed E-state index contributed by atoms with van der Waals surface area (Å²) >= 11 is 0. The summed E-state index contributed by atoms with van der Waals surface area (Å²) in [5.74, 6) is -1.29. The highest BCUT2D eigenvalue weighted by molar-refractivity contribution is 5.84. The van der Waals surface area contributed by atoms with Gasteiger partial charge in [-0.15, -0.1) is 0 Å². The van der Waals surface area contributed by atoms with Crippen LogP contribution >= 0.6 is 0 Å². The lowest BCUT2D eigenvalue weighted by Crippen LogP contribution is -2.31. The predicted molar refractivity (Wildman–Crippen MR) is 77.1 cm³/mol. The Balaban J connectivity index is 2.48. The molecule has 0 aliphatic heterocycles. The summed E-state index contributed by atoms with van der Waals surface area (Å²) in [5, 5.41) is 0. The largest absolute Gasteiger partial charge is 0.461 e. The molecule has 1 rings (SSSR count). The standard InChI is InChI=1S/C16H19NO4/c1-16(2,3)21-15(19)13(17-4)10-14(18)20-11-12-8-6-5-7-9-12/h5-9,13H,10-11H2,1-3H3. The Morgan fingerprint density at radius 1 is 1.24 bits per heavy atom. The van der Waals surface area contributed by atoms with Crippen LogP contribution in [0.3, 0.4) is 0 Å². The summed E-state index contributed by atoms with van der Waals surface area (Å²) in [7, 11) is 0. The molecule has 0 amide bonds. The third kappa shape index (κ3) is 6.57. The van der Waals surface area contributed by atoms with Gasteiger partial charge in [0.05, 0.1) is 0 Å². The monoisotopic (exact) mass is 289 g/mol. The van der Waals surface area contributed by atoms with Gasteiger partial charge in [-0.1, -0.05) is 30.3 Å². The van der Waals surface area contributed by atoms with Gasteiger partial charge in [-0.3, -0.25) is 4.79 Å². The smallest absolute Gasteiger partial charge is 0.391 e. The molecule has 0 heterocycles. The highest BCUT2D eigenvalue weighted by Gasteiger charge is 2.32. The Hall–Kier alpha value is -2.35. The number of ether oxygens (including phenoxy) is 2. The molecule has 0 saturated heterocycles. The summed E-state index contributed by atoms with van der Waals surface area (Å²) in [6, 6.07) is 8.04. The molecule has 1 aromatic carbocycles. The van der Waals surface area contributed by atoms with Gasteiger partial charge in [0.25, 0.3) is 0 Å². The highest BCUT2D eigenvalue weighted by Crippen LogP contribution is 2.12. The van der Waals surface area contributed by atoms with Crippen LogP contribution in [0.25, 0.3) is 4.85 Å². The third-order valence-corrected chi connectivity index (χ3v) is 2.44. The average Bonchev–Trinajstić information content (AvgIpc) is 2.41. The van der Waals surface area contributed by atoms with E-state index in [1.54, 1.807) is 20.8 Å². The van der Waals surface area contributed by atoms with Crippen molar-refractivity contribution in [1.29, 1.82) is 0 Å². The molecule has 0 aromatic heterocycles. The van der Waals surface area contributed by atoms with Gasteiger partial charge in [0, 0.05) is 0 Å². The van der Waals surface area contributed by atoms with Gasteiger partial charge in [0.1, 0.15) is 18.6 Å². The minimum absolute atomic E-state index is 0.124. The van der Waals surface area contributed by atoms with Gasteiger partial charge in [0.15, 0.2) is 0 Å². The Morgan fingerprint density at radius 3 is 2.38 bits per heavy atom. The first-order valence-electron chi connectivity index (χ1n) is 6.61. The van der Waals surface area contributed by atoms with Crippen molar-refractivity contribution in [3.05, 3.63) is 47.3 Å². The van der Waals surface area contributed by atoms with Crippen molar-refractivity contribution in [2.24, 2.45) is 0 Å². The van der Waals surface area contributed by atoms with Crippen LogP contribution in [0.15, 0.2) is 30.3 Å². The topological polar surface area (TPSA) is 57.0 Å². The molecule has 0 saturated carbocycles. The maximum Gasteiger partial charge on any atom is 0.391 e. The van der Waals surface area contributed by atoms with E-state index >= 15 is 0 Å². The molecule has 0 bridgehead atoms. The minimum atomic E-state index is -1.16. The van der Waals surface area contributed by atoms with Gasteiger partial charge in [-0.05, 0) is 26.3 Å². The lowest BCUT2D eigenvalue weighted by atomic mass is 10.1. The molecule has 1 atom stereocenters. The number of esters is 2. The normalized spacial score (nSPS) is 12.1. The van der Waals surface area contributed by atoms with Crippen molar-refractivity contribution < 1.29 is 19.1 Å². The molecule has 5 heteroatoms. The second-order valence-electron chi connectivity index (χ2n) is 5.53. The van der Waals surface area contributed by atoms with E-state index in [1.165, 1.54) is 0 Å². The van der Waals surface area contributed by atoms with Crippen molar-refractivity contribution in [3.8, 4) is 0 Å². The summed E-state index contributed by atoms with van der Waals surface area (Å²) in [4.78, 5) is 26.6. The zero-order valence-corrected chi connectivity index (χ0v) is 12.5. The number of carbonyl (C=O) groups is 2. The highest BCUT2D eigenvalue weighted by atomic mass is 16.6. The molecule has 0 aliphatic carbocycles. The first kappa shape index (κ1) is 16.7. The Morgan fingerprint density at radius 2 is 1.86 bits per heavy atom. The maximum atomic E-state index is 11.8. The van der Waals surface area contributed by atoms with Crippen LogP contribution in [0.4, 0.5) is 0 Å². The molecular formula is C16H19NO4. The fourth-order valence-corrected chi connectivity index (χ4v) is 1.51. The predicted octanol–water partition coefficient (Wildman–Crippen LogP) is 2.75. The molecule has 1 aromatic rings. The molecule has 0 radical (unpaired) electrons. The van der Waals surface area contributed by atoms with E-state index in [-0.39, 0.29) is 13.0 Å². The molecule has 5 nitrogen and oxygen atoms in total. The number of nitrogens with zero attached hydrogens (tertiary/aromatic N) is 1. The number of benzene rings is 1. The van der Waals surface area contributed by atoms with E-state index in [1.807, 2.05) is 30.3 Å². The average molecular weight is 289 g/mol. The fraction of sp³-hybridized carbons (Fsp3) is 0.438. The number of rotatable bonds is 5. The van der Waals surface area contributed by atoms with Crippen LogP contribution in [-0.4, -0.2) is 23.6 Å². The summed E-state index contributed by atoms with van der Waals surface area (Å²) in [5.41, 5.74) is 0.163. The summed E-state index contributed by atoms with van der Waals surface area (Å²) < 4.78 is 10.1. The van der Waals surface area contributed by atoms with Crippen molar-refractivity contribution in [2.75, 3.05) is 0 Å². The van der Waals surface area contributed by atoms with Crippen molar-refractivity contribution >= 4 is 11.9 Å². The fourth-order valence-electron chi connectivity index (χ4n) is 1.51. The van der Waals surface area contributed by atoms with Gasteiger partial charge >= 0.3 is 18.0 Å². The van der Waals surface area contributed by atoms with E-state index in [2.05, 4.69) is 4.85 Å². The quantitative estimate of drug-likeness (QED) is 0.618. The van der Waals surface area contributed by atoms with Gasteiger partial charge < -0.3 is 14.3 Å². The molecule has 0 N–H and O–H groups in total. The molecule has 0 fully saturated rings. The minimum Gasteiger partial charge on any atom is -0.461 e. The van der Waals surface area contributed by atoms with E-state index in [0.29, 0.717) is 0 Å². The number of hydrogen-bond acceptors (Lipinski definition) is 4. The van der Waals surface area contributed by atoms with E-state index < -0.39 is 23.6 Å². The number of hydrogen-bond donors (Lipinski definition) is 0. The van der Waals surface area contributed by atoms with E-state index in [0.717, 1.165) is 5.56 Å². The van der Waals surface area contributed by atoms with Crippen LogP contribution < -0.4 is 0 Å². The third-order valence-electron chi connectivity index (χ3n) is 2.44. The Bertz CT molecular complexity index is 525. The molecule has 0 aliphatic rings. The van der Waals surface area contributed by atoms with Crippen LogP contribution in [-0.2, 0) is 25.7 Å². The molecule has 112 valence electrons. The lowest BCUT2D eigenvalue weighted by molar-refractivity contribution is -0.159. The molecule has 0 spiro atoms. The van der Waals surface area contributed by atoms with Crippen LogP contribution in [0, 0.1) is 6.57 Å². The SMILES string of the molecule is [C-]#[N+]C(CC(=O)OCc1ccccc1)C(=O)OC(C)(C)C. The van der Waals surface area contributed by atoms with Crippen molar-refractivity contribution in [1.82, 2.24) is 0 Å². The van der Waals surface area contributed by atoms with Gasteiger partial charge in [-0.2, -0.15) is 0 Å². The zero-order chi connectivity index (χ0) is 15.9. The van der Waals surface area contributed by atoms with E-state index in [4.69, 9.17) is 16.0 Å². The molecular weight excluding hydrogens is 270 g/mol. The van der Waals surface area contributed by atoms with E-state index in [9.17, 15) is 9.59 Å². The number of carbonyl (C=O) groups excluding carboxylic acids is 2. The van der Waals surface area contributed by atoms with Crippen LogP contribution in [0.5, 0.6) is 0 Å².